The molecule has 0 saturated carbocycles. The highest BCUT2D eigenvalue weighted by molar-refractivity contribution is 5.74. The van der Waals surface area contributed by atoms with Gasteiger partial charge in [-0.1, -0.05) is 5.16 Å². The van der Waals surface area contributed by atoms with E-state index in [0.717, 1.165) is 0 Å². The second-order valence-corrected chi connectivity index (χ2v) is 4.69. The van der Waals surface area contributed by atoms with Crippen molar-refractivity contribution in [2.75, 3.05) is 5.73 Å². The molecule has 7 nitrogen and oxygen atoms in total. The number of nitrogens with zero attached hydrogens (tertiary/aromatic N) is 3. The monoisotopic (exact) mass is 261 g/mol. The smallest absolute Gasteiger partial charge is 0.261 e. The lowest BCUT2D eigenvalue weighted by atomic mass is 10.1. The summed E-state index contributed by atoms with van der Waals surface area (Å²) in [5.41, 5.74) is 6.17. The molecule has 0 spiro atoms. The highest BCUT2D eigenvalue weighted by Crippen LogP contribution is 2.25. The molecular weight excluding hydrogens is 246 g/mol. The molecule has 0 aromatic carbocycles. The van der Waals surface area contributed by atoms with Gasteiger partial charge in [0.2, 0.25) is 5.91 Å². The summed E-state index contributed by atoms with van der Waals surface area (Å²) in [6, 6.07) is 1.65. The molecule has 0 bridgehead atoms. The molecule has 0 aliphatic rings. The van der Waals surface area contributed by atoms with E-state index in [-0.39, 0.29) is 11.8 Å². The van der Waals surface area contributed by atoms with E-state index >= 15 is 0 Å². The molecule has 0 radical (unpaired) electrons. The molecule has 0 aliphatic heterocycles. The number of nitrogens with one attached hydrogen (secondary N) is 1. The summed E-state index contributed by atoms with van der Waals surface area (Å²) in [6.07, 6.45) is 3.13. The molecule has 3 N–H and O–H groups in total. The highest BCUT2D eigenvalue weighted by Gasteiger charge is 2.28. The van der Waals surface area contributed by atoms with Crippen molar-refractivity contribution in [3.63, 3.8) is 0 Å². The van der Waals surface area contributed by atoms with Gasteiger partial charge in [0.15, 0.2) is 5.82 Å². The number of aromatic nitrogens is 3. The molecule has 0 aliphatic carbocycles. The number of rotatable bonds is 3. The number of amides is 1. The number of nitrogens with two attached hydrogens (primary N) is 1. The lowest BCUT2D eigenvalue weighted by Gasteiger charge is -2.20. The van der Waals surface area contributed by atoms with E-state index in [9.17, 15) is 4.79 Å². The lowest BCUT2D eigenvalue weighted by molar-refractivity contribution is -0.120. The Morgan fingerprint density at radius 2 is 2.21 bits per heavy atom. The topological polar surface area (TPSA) is 107 Å². The van der Waals surface area contributed by atoms with Crippen molar-refractivity contribution in [3.8, 4) is 11.5 Å². The van der Waals surface area contributed by atoms with E-state index in [2.05, 4.69) is 20.4 Å². The van der Waals surface area contributed by atoms with Gasteiger partial charge < -0.3 is 15.6 Å². The van der Waals surface area contributed by atoms with Crippen molar-refractivity contribution >= 4 is 11.6 Å². The van der Waals surface area contributed by atoms with Crippen molar-refractivity contribution in [1.29, 1.82) is 0 Å². The fraction of sp³-hybridized carbons (Fsp3) is 0.333. The molecule has 0 atom stereocenters. The van der Waals surface area contributed by atoms with Gasteiger partial charge in [-0.15, -0.1) is 0 Å². The first-order chi connectivity index (χ1) is 8.90. The third-order valence-electron chi connectivity index (χ3n) is 2.56. The Morgan fingerprint density at radius 3 is 2.84 bits per heavy atom. The highest BCUT2D eigenvalue weighted by atomic mass is 16.5. The molecular formula is C12H15N5O2. The van der Waals surface area contributed by atoms with Gasteiger partial charge in [-0.25, -0.2) is 0 Å². The Morgan fingerprint density at radius 1 is 1.47 bits per heavy atom. The van der Waals surface area contributed by atoms with Crippen LogP contribution in [-0.2, 0) is 10.3 Å². The fourth-order valence-corrected chi connectivity index (χ4v) is 1.67. The van der Waals surface area contributed by atoms with Crippen molar-refractivity contribution < 1.29 is 9.32 Å². The van der Waals surface area contributed by atoms with Crippen LogP contribution in [0, 0.1) is 0 Å². The number of carbonyl (C=O) groups is 1. The van der Waals surface area contributed by atoms with E-state index in [4.69, 9.17) is 10.3 Å². The van der Waals surface area contributed by atoms with E-state index < -0.39 is 5.54 Å². The second kappa shape index (κ2) is 4.68. The first-order valence-corrected chi connectivity index (χ1v) is 5.73. The van der Waals surface area contributed by atoms with Gasteiger partial charge in [0.1, 0.15) is 0 Å². The SMILES string of the molecule is CC(=O)NC(C)(C)c1noc(-c2cnccc2N)n1. The minimum absolute atomic E-state index is 0.169. The van der Waals surface area contributed by atoms with Crippen LogP contribution in [-0.4, -0.2) is 21.0 Å². The summed E-state index contributed by atoms with van der Waals surface area (Å²) < 4.78 is 5.17. The van der Waals surface area contributed by atoms with Crippen LogP contribution < -0.4 is 11.1 Å². The number of pyridine rings is 1. The Hall–Kier alpha value is -2.44. The van der Waals surface area contributed by atoms with Gasteiger partial charge in [0, 0.05) is 25.0 Å². The first-order valence-electron chi connectivity index (χ1n) is 5.73. The molecule has 100 valence electrons. The molecule has 0 saturated heterocycles. The molecule has 2 heterocycles. The summed E-state index contributed by atoms with van der Waals surface area (Å²) in [7, 11) is 0. The van der Waals surface area contributed by atoms with Crippen molar-refractivity contribution in [2.45, 2.75) is 26.3 Å². The predicted octanol–water partition coefficient (Wildman–Crippen LogP) is 1.08. The van der Waals surface area contributed by atoms with Crippen LogP contribution in [0.5, 0.6) is 0 Å². The Bertz CT molecular complexity index is 606. The molecule has 2 aromatic heterocycles. The van der Waals surface area contributed by atoms with Crippen LogP contribution in [0.1, 0.15) is 26.6 Å². The van der Waals surface area contributed by atoms with Gasteiger partial charge in [0.25, 0.3) is 5.89 Å². The maximum atomic E-state index is 11.1. The van der Waals surface area contributed by atoms with Gasteiger partial charge in [-0.2, -0.15) is 4.98 Å². The number of hydrogen-bond acceptors (Lipinski definition) is 6. The van der Waals surface area contributed by atoms with Crippen molar-refractivity contribution in [1.82, 2.24) is 20.4 Å². The predicted molar refractivity (Wildman–Crippen MR) is 68.8 cm³/mol. The van der Waals surface area contributed by atoms with Crippen LogP contribution in [0.4, 0.5) is 5.69 Å². The van der Waals surface area contributed by atoms with Gasteiger partial charge >= 0.3 is 0 Å². The Kier molecular flexibility index (Phi) is 3.20. The number of carbonyl (C=O) groups excluding carboxylic acids is 1. The second-order valence-electron chi connectivity index (χ2n) is 4.69. The van der Waals surface area contributed by atoms with E-state index in [1.807, 2.05) is 0 Å². The average Bonchev–Trinajstić information content (AvgIpc) is 2.77. The Balaban J connectivity index is 2.34. The normalized spacial score (nSPS) is 11.3. The zero-order valence-electron chi connectivity index (χ0n) is 11.0. The van der Waals surface area contributed by atoms with Crippen molar-refractivity contribution in [3.05, 3.63) is 24.3 Å². The summed E-state index contributed by atoms with van der Waals surface area (Å²) in [5, 5.41) is 6.62. The molecule has 0 unspecified atom stereocenters. The minimum Gasteiger partial charge on any atom is -0.398 e. The van der Waals surface area contributed by atoms with E-state index in [1.54, 1.807) is 32.3 Å². The third-order valence-corrected chi connectivity index (χ3v) is 2.56. The molecule has 0 fully saturated rings. The number of anilines is 1. The zero-order valence-corrected chi connectivity index (χ0v) is 11.0. The first kappa shape index (κ1) is 13.0. The van der Waals surface area contributed by atoms with Crippen LogP contribution in [0.3, 0.4) is 0 Å². The quantitative estimate of drug-likeness (QED) is 0.856. The minimum atomic E-state index is -0.718. The number of hydrogen-bond donors (Lipinski definition) is 2. The van der Waals surface area contributed by atoms with E-state index in [0.29, 0.717) is 17.1 Å². The van der Waals surface area contributed by atoms with Gasteiger partial charge in [-0.3, -0.25) is 9.78 Å². The summed E-state index contributed by atoms with van der Waals surface area (Å²) in [6.45, 7) is 5.01. The maximum absolute atomic E-state index is 11.1. The molecule has 2 aromatic rings. The molecule has 7 heteroatoms. The summed E-state index contributed by atoms with van der Waals surface area (Å²) in [4.78, 5) is 19.4. The molecule has 1 amide bonds. The average molecular weight is 261 g/mol. The van der Waals surface area contributed by atoms with Gasteiger partial charge in [0.05, 0.1) is 11.1 Å². The van der Waals surface area contributed by atoms with Crippen molar-refractivity contribution in [2.24, 2.45) is 0 Å². The molecule has 2 rings (SSSR count). The Labute approximate surface area is 110 Å². The third kappa shape index (κ3) is 2.70. The van der Waals surface area contributed by atoms with Gasteiger partial charge in [-0.05, 0) is 19.9 Å². The van der Waals surface area contributed by atoms with Crippen LogP contribution >= 0.6 is 0 Å². The van der Waals surface area contributed by atoms with Crippen LogP contribution in [0.25, 0.3) is 11.5 Å². The molecule has 19 heavy (non-hydrogen) atoms. The van der Waals surface area contributed by atoms with Crippen LogP contribution in [0.2, 0.25) is 0 Å². The zero-order chi connectivity index (χ0) is 14.0. The summed E-state index contributed by atoms with van der Waals surface area (Å²) in [5.74, 6) is 0.484. The summed E-state index contributed by atoms with van der Waals surface area (Å²) >= 11 is 0. The van der Waals surface area contributed by atoms with Crippen LogP contribution in [0.15, 0.2) is 23.0 Å². The fourth-order valence-electron chi connectivity index (χ4n) is 1.67. The lowest BCUT2D eigenvalue weighted by Crippen LogP contribution is -2.40. The maximum Gasteiger partial charge on any atom is 0.261 e. The standard InChI is InChI=1S/C12H15N5O2/c1-7(18)16-12(2,3)11-15-10(19-17-11)8-6-14-5-4-9(8)13/h4-6H,1-3H3,(H2,13,14)(H,16,18). The number of nitrogen functional groups attached to an aromatic ring is 1. The van der Waals surface area contributed by atoms with E-state index in [1.165, 1.54) is 6.92 Å². The largest absolute Gasteiger partial charge is 0.398 e.